The van der Waals surface area contributed by atoms with Crippen LogP contribution in [0.5, 0.6) is 5.75 Å². The zero-order valence-corrected chi connectivity index (χ0v) is 33.9. The number of nitrogens with zero attached hydrogens (tertiary/aromatic N) is 1. The number of halogens is 1. The van der Waals surface area contributed by atoms with Crippen molar-refractivity contribution in [1.82, 2.24) is 4.98 Å². The molecule has 0 spiro atoms. The molecule has 5 rings (SSSR count). The number of carbonyl (C=O) groups excluding carboxylic acids is 1. The summed E-state index contributed by atoms with van der Waals surface area (Å²) in [4.78, 5) is 37.2. The number of ether oxygens (including phenoxy) is 4. The Kier molecular flexibility index (Phi) is 11.7. The van der Waals surface area contributed by atoms with Crippen molar-refractivity contribution in [1.29, 1.82) is 0 Å². The molecule has 0 unspecified atom stereocenters. The van der Waals surface area contributed by atoms with Gasteiger partial charge < -0.3 is 28.7 Å². The van der Waals surface area contributed by atoms with E-state index in [1.807, 2.05) is 12.2 Å². The van der Waals surface area contributed by atoms with Crippen molar-refractivity contribution < 1.29 is 42.5 Å². The molecule has 52 heavy (non-hydrogen) atoms. The van der Waals surface area contributed by atoms with Gasteiger partial charge in [0.25, 0.3) is 0 Å². The van der Waals surface area contributed by atoms with E-state index in [-0.39, 0.29) is 29.9 Å². The zero-order chi connectivity index (χ0) is 38.3. The van der Waals surface area contributed by atoms with Crippen LogP contribution in [0.4, 0.5) is 4.39 Å². The minimum atomic E-state index is -4.42. The average molecular weight is 756 g/mol. The van der Waals surface area contributed by atoms with E-state index in [1.165, 1.54) is 12.1 Å². The van der Waals surface area contributed by atoms with Gasteiger partial charge in [-0.1, -0.05) is 85.5 Å². The average Bonchev–Trinajstić information content (AvgIpc) is 3.86. The van der Waals surface area contributed by atoms with Crippen LogP contribution >= 0.6 is 7.60 Å². The number of benzene rings is 2. The molecule has 12 heteroatoms. The first kappa shape index (κ1) is 40.3. The molecule has 2 aliphatic rings. The first-order valence-corrected chi connectivity index (χ1v) is 23.7. The van der Waals surface area contributed by atoms with E-state index in [1.54, 1.807) is 30.3 Å². The van der Waals surface area contributed by atoms with E-state index in [4.69, 9.17) is 23.9 Å². The van der Waals surface area contributed by atoms with Crippen LogP contribution in [0.25, 0.3) is 28.1 Å². The van der Waals surface area contributed by atoms with Gasteiger partial charge in [0.2, 0.25) is 0 Å². The number of aromatic nitrogens is 1. The quantitative estimate of drug-likeness (QED) is 0.106. The van der Waals surface area contributed by atoms with Gasteiger partial charge >= 0.3 is 13.6 Å². The standard InChI is InChI=1S/C40H55FNO8PSi/c1-38(2,3)40(39(4,5)6)49-30(22-31(50-40)24-35(43)47-20-21-52(7,8)9)16-18-32-36(26-12-14-28(41)15-13-26)33-23-29(48-25-51(44,45)46)17-19-34(33)42-37(32)27-10-11-27/h12-19,23,27,30-31H,10-11,20-22,24-25H2,1-9H3,(H2,44,45,46)/b18-16+/t30-,31-/m1/s1. The maximum Gasteiger partial charge on any atom is 0.362 e. The van der Waals surface area contributed by atoms with E-state index >= 15 is 0 Å². The molecule has 2 N–H and O–H groups in total. The van der Waals surface area contributed by atoms with Gasteiger partial charge in [0.1, 0.15) is 11.6 Å². The Hall–Kier alpha value is -2.92. The molecule has 0 radical (unpaired) electrons. The predicted molar refractivity (Wildman–Crippen MR) is 205 cm³/mol. The van der Waals surface area contributed by atoms with Gasteiger partial charge in [-0.25, -0.2) is 4.39 Å². The molecule has 1 aromatic heterocycles. The van der Waals surface area contributed by atoms with Crippen LogP contribution < -0.4 is 4.74 Å². The van der Waals surface area contributed by atoms with E-state index < -0.39 is 50.8 Å². The van der Waals surface area contributed by atoms with Crippen LogP contribution in [0.15, 0.2) is 48.5 Å². The van der Waals surface area contributed by atoms with Gasteiger partial charge in [0.15, 0.2) is 12.1 Å². The second-order valence-electron chi connectivity index (χ2n) is 17.5. The molecule has 2 atom stereocenters. The first-order valence-electron chi connectivity index (χ1n) is 18.2. The maximum absolute atomic E-state index is 14.2. The fourth-order valence-corrected chi connectivity index (χ4v) is 8.15. The van der Waals surface area contributed by atoms with Crippen LogP contribution in [0, 0.1) is 16.6 Å². The first-order chi connectivity index (χ1) is 24.1. The third-order valence-electron chi connectivity index (χ3n) is 9.63. The Morgan fingerprint density at radius 3 is 2.27 bits per heavy atom. The highest BCUT2D eigenvalue weighted by Crippen LogP contribution is 2.52. The number of esters is 1. The normalized spacial score (nSPS) is 20.0. The van der Waals surface area contributed by atoms with E-state index in [0.717, 1.165) is 41.3 Å². The fourth-order valence-electron chi connectivity index (χ4n) is 7.11. The topological polar surface area (TPSA) is 124 Å². The molecule has 2 aromatic carbocycles. The minimum absolute atomic E-state index is 0.108. The summed E-state index contributed by atoms with van der Waals surface area (Å²) >= 11 is 0. The second-order valence-corrected chi connectivity index (χ2v) is 24.7. The van der Waals surface area contributed by atoms with Gasteiger partial charge in [0.05, 0.1) is 36.4 Å². The van der Waals surface area contributed by atoms with Crippen molar-refractivity contribution in [3.63, 3.8) is 0 Å². The Labute approximate surface area is 308 Å². The molecular weight excluding hydrogens is 700 g/mol. The maximum atomic E-state index is 14.2. The van der Waals surface area contributed by atoms with E-state index in [9.17, 15) is 23.5 Å². The Morgan fingerprint density at radius 1 is 1.04 bits per heavy atom. The number of rotatable bonds is 12. The van der Waals surface area contributed by atoms with Crippen LogP contribution in [-0.2, 0) is 23.6 Å². The molecule has 2 fully saturated rings. The number of fused-ring (bicyclic) bond motifs is 1. The molecule has 1 saturated carbocycles. The summed E-state index contributed by atoms with van der Waals surface area (Å²) in [6, 6.07) is 12.3. The van der Waals surface area contributed by atoms with Crippen molar-refractivity contribution in [3.05, 3.63) is 65.6 Å². The molecule has 284 valence electrons. The molecule has 3 aromatic rings. The molecule has 2 heterocycles. The van der Waals surface area contributed by atoms with Gasteiger partial charge in [0, 0.05) is 47.8 Å². The lowest BCUT2D eigenvalue weighted by molar-refractivity contribution is -0.389. The monoisotopic (exact) mass is 755 g/mol. The largest absolute Gasteiger partial charge is 0.481 e. The summed E-state index contributed by atoms with van der Waals surface area (Å²) in [7, 11) is -5.80. The molecular formula is C40H55FNO8PSi. The van der Waals surface area contributed by atoms with Crippen LogP contribution in [0.1, 0.15) is 84.4 Å². The van der Waals surface area contributed by atoms with Crippen molar-refractivity contribution >= 4 is 38.6 Å². The molecule has 1 aliphatic heterocycles. The summed E-state index contributed by atoms with van der Waals surface area (Å²) in [5, 5.41) is 0.699. The smallest absolute Gasteiger partial charge is 0.362 e. The van der Waals surface area contributed by atoms with Gasteiger partial charge in [-0.05, 0) is 54.8 Å². The Bertz CT molecular complexity index is 1820. The fraction of sp³-hybridized carbons (Fsp3) is 0.550. The predicted octanol–water partition coefficient (Wildman–Crippen LogP) is 9.68. The second kappa shape index (κ2) is 15.1. The van der Waals surface area contributed by atoms with Crippen LogP contribution in [0.3, 0.4) is 0 Å². The highest BCUT2D eigenvalue weighted by molar-refractivity contribution is 7.51. The third kappa shape index (κ3) is 9.78. The highest BCUT2D eigenvalue weighted by atomic mass is 31.2. The SMILES string of the molecule is CC(C)(C)C1(C(C)(C)C)O[C@@H](CC(=O)OCC[Si](C)(C)C)C[C@@H](/C=C/c2c(C3CC3)nc3ccc(OCP(=O)(O)O)cc3c2-c2ccc(F)cc2)O1. The summed E-state index contributed by atoms with van der Waals surface area (Å²) in [6.45, 7) is 19.7. The van der Waals surface area contributed by atoms with Crippen molar-refractivity contribution in [2.45, 2.75) is 117 Å². The van der Waals surface area contributed by atoms with Crippen molar-refractivity contribution in [2.24, 2.45) is 10.8 Å². The van der Waals surface area contributed by atoms with E-state index in [2.05, 4.69) is 61.2 Å². The van der Waals surface area contributed by atoms with Gasteiger partial charge in [-0.2, -0.15) is 0 Å². The Balaban J connectivity index is 1.59. The third-order valence-corrected chi connectivity index (χ3v) is 11.8. The molecule has 0 amide bonds. The van der Waals surface area contributed by atoms with Gasteiger partial charge in [-0.3, -0.25) is 14.3 Å². The number of hydrogen-bond acceptors (Lipinski definition) is 7. The molecule has 1 aliphatic carbocycles. The lowest BCUT2D eigenvalue weighted by Gasteiger charge is -2.57. The lowest BCUT2D eigenvalue weighted by Crippen LogP contribution is -2.63. The molecule has 1 saturated heterocycles. The van der Waals surface area contributed by atoms with E-state index in [0.29, 0.717) is 23.9 Å². The summed E-state index contributed by atoms with van der Waals surface area (Å²) in [5.41, 5.74) is 3.08. The van der Waals surface area contributed by atoms with Crippen molar-refractivity contribution in [3.8, 4) is 16.9 Å². The Morgan fingerprint density at radius 2 is 1.69 bits per heavy atom. The van der Waals surface area contributed by atoms with Crippen LogP contribution in [0.2, 0.25) is 25.7 Å². The number of pyridine rings is 1. The number of carbonyl (C=O) groups is 1. The summed E-state index contributed by atoms with van der Waals surface area (Å²) < 4.78 is 50.9. The van der Waals surface area contributed by atoms with Gasteiger partial charge in [-0.15, -0.1) is 0 Å². The van der Waals surface area contributed by atoms with Crippen molar-refractivity contribution in [2.75, 3.05) is 13.0 Å². The summed E-state index contributed by atoms with van der Waals surface area (Å²) in [6.07, 6.45) is 4.90. The highest BCUT2D eigenvalue weighted by Gasteiger charge is 2.57. The minimum Gasteiger partial charge on any atom is -0.481 e. The number of hydrogen-bond donors (Lipinski definition) is 2. The van der Waals surface area contributed by atoms with Crippen LogP contribution in [-0.4, -0.2) is 59.8 Å². The molecule has 9 nitrogen and oxygen atoms in total. The summed E-state index contributed by atoms with van der Waals surface area (Å²) in [5.74, 6) is -1.18. The lowest BCUT2D eigenvalue weighted by atomic mass is 9.69. The molecule has 0 bridgehead atoms. The zero-order valence-electron chi connectivity index (χ0n) is 32.0.